The van der Waals surface area contributed by atoms with Gasteiger partial charge in [0.15, 0.2) is 0 Å². The summed E-state index contributed by atoms with van der Waals surface area (Å²) in [4.78, 5) is 0. The molecule has 1 atom stereocenters. The van der Waals surface area contributed by atoms with Gasteiger partial charge in [0, 0.05) is 12.1 Å². The van der Waals surface area contributed by atoms with Crippen LogP contribution in [-0.2, 0) is 0 Å². The van der Waals surface area contributed by atoms with E-state index in [1.165, 1.54) is 128 Å². The molecular formula is C24H49N. The normalized spacial score (nSPS) is 17.0. The summed E-state index contributed by atoms with van der Waals surface area (Å²) < 4.78 is 0. The fourth-order valence-electron chi connectivity index (χ4n) is 4.43. The lowest BCUT2D eigenvalue weighted by Gasteiger charge is -2.29. The monoisotopic (exact) mass is 351 g/mol. The van der Waals surface area contributed by atoms with Gasteiger partial charge in [-0.25, -0.2) is 0 Å². The van der Waals surface area contributed by atoms with E-state index >= 15 is 0 Å². The number of nitrogens with one attached hydrogen (secondary N) is 1. The summed E-state index contributed by atoms with van der Waals surface area (Å²) in [5.74, 6) is 0. The third-order valence-electron chi connectivity index (χ3n) is 6.14. The number of hydrogen-bond donors (Lipinski definition) is 1. The lowest BCUT2D eigenvalue weighted by molar-refractivity contribution is 0.309. The van der Waals surface area contributed by atoms with Crippen LogP contribution in [0.4, 0.5) is 0 Å². The third-order valence-corrected chi connectivity index (χ3v) is 6.14. The Labute approximate surface area is 160 Å². The molecule has 0 aromatic rings. The average Bonchev–Trinajstić information content (AvgIpc) is 2.64. The van der Waals surface area contributed by atoms with Crippen LogP contribution in [0, 0.1) is 0 Å². The molecule has 0 aliphatic heterocycles. The summed E-state index contributed by atoms with van der Waals surface area (Å²) in [5.41, 5.74) is 0. The quantitative estimate of drug-likeness (QED) is 0.260. The second-order valence-electron chi connectivity index (χ2n) is 8.66. The highest BCUT2D eigenvalue weighted by Crippen LogP contribution is 2.20. The Kier molecular flexibility index (Phi) is 16.0. The molecule has 1 heteroatoms. The van der Waals surface area contributed by atoms with Crippen molar-refractivity contribution in [1.29, 1.82) is 0 Å². The van der Waals surface area contributed by atoms with Crippen LogP contribution in [0.25, 0.3) is 0 Å². The molecule has 1 N–H and O–H groups in total. The molecule has 0 heterocycles. The molecule has 25 heavy (non-hydrogen) atoms. The highest BCUT2D eigenvalue weighted by atomic mass is 14.9. The minimum atomic E-state index is 0.809. The van der Waals surface area contributed by atoms with Gasteiger partial charge in [0.25, 0.3) is 0 Å². The maximum atomic E-state index is 4.05. The SMILES string of the molecule is CCCCCCCCCCCCC(CCCCC)NC1CCCCC1. The predicted molar refractivity (Wildman–Crippen MR) is 114 cm³/mol. The Morgan fingerprint density at radius 3 is 1.60 bits per heavy atom. The largest absolute Gasteiger partial charge is 0.311 e. The molecule has 1 rings (SSSR count). The molecule has 1 unspecified atom stereocenters. The lowest BCUT2D eigenvalue weighted by atomic mass is 9.93. The molecule has 150 valence electrons. The fourth-order valence-corrected chi connectivity index (χ4v) is 4.43. The van der Waals surface area contributed by atoms with E-state index in [9.17, 15) is 0 Å². The Morgan fingerprint density at radius 2 is 1.04 bits per heavy atom. The Hall–Kier alpha value is -0.0400. The van der Waals surface area contributed by atoms with Crippen LogP contribution in [-0.4, -0.2) is 12.1 Å². The van der Waals surface area contributed by atoms with Crippen molar-refractivity contribution in [2.75, 3.05) is 0 Å². The molecule has 1 aliphatic carbocycles. The fraction of sp³-hybridized carbons (Fsp3) is 1.00. The van der Waals surface area contributed by atoms with Crippen LogP contribution in [0.3, 0.4) is 0 Å². The van der Waals surface area contributed by atoms with Crippen molar-refractivity contribution in [2.24, 2.45) is 0 Å². The summed E-state index contributed by atoms with van der Waals surface area (Å²) in [5, 5.41) is 4.05. The van der Waals surface area contributed by atoms with Crippen molar-refractivity contribution >= 4 is 0 Å². The smallest absolute Gasteiger partial charge is 0.00696 e. The van der Waals surface area contributed by atoms with Crippen LogP contribution in [0.5, 0.6) is 0 Å². The molecule has 0 radical (unpaired) electrons. The van der Waals surface area contributed by atoms with E-state index in [1.54, 1.807) is 0 Å². The van der Waals surface area contributed by atoms with Gasteiger partial charge >= 0.3 is 0 Å². The van der Waals surface area contributed by atoms with E-state index in [0.29, 0.717) is 0 Å². The predicted octanol–water partition coefficient (Wildman–Crippen LogP) is 8.17. The maximum absolute atomic E-state index is 4.05. The molecule has 0 amide bonds. The van der Waals surface area contributed by atoms with Crippen molar-refractivity contribution in [3.05, 3.63) is 0 Å². The zero-order chi connectivity index (χ0) is 18.0. The first-order valence-electron chi connectivity index (χ1n) is 12.1. The van der Waals surface area contributed by atoms with Gasteiger partial charge in [0.1, 0.15) is 0 Å². The van der Waals surface area contributed by atoms with E-state index in [0.717, 1.165) is 12.1 Å². The molecule has 0 aromatic heterocycles. The number of hydrogen-bond acceptors (Lipinski definition) is 1. The topological polar surface area (TPSA) is 12.0 Å². The van der Waals surface area contributed by atoms with Gasteiger partial charge in [-0.05, 0) is 25.7 Å². The average molecular weight is 352 g/mol. The molecule has 1 saturated carbocycles. The van der Waals surface area contributed by atoms with Crippen molar-refractivity contribution in [2.45, 2.75) is 154 Å². The lowest BCUT2D eigenvalue weighted by Crippen LogP contribution is -2.39. The number of rotatable bonds is 17. The second kappa shape index (κ2) is 17.4. The minimum Gasteiger partial charge on any atom is -0.311 e. The van der Waals surface area contributed by atoms with Gasteiger partial charge in [-0.2, -0.15) is 0 Å². The Morgan fingerprint density at radius 1 is 0.600 bits per heavy atom. The molecule has 0 saturated heterocycles. The summed E-state index contributed by atoms with van der Waals surface area (Å²) in [6, 6.07) is 1.65. The molecule has 1 fully saturated rings. The summed E-state index contributed by atoms with van der Waals surface area (Å²) in [7, 11) is 0. The zero-order valence-corrected chi connectivity index (χ0v) is 17.8. The Bertz CT molecular complexity index is 257. The van der Waals surface area contributed by atoms with Crippen molar-refractivity contribution < 1.29 is 0 Å². The van der Waals surface area contributed by atoms with Crippen LogP contribution in [0.2, 0.25) is 0 Å². The standard InChI is InChI=1S/C24H49N/c1-3-5-7-8-9-10-11-12-13-16-20-23(19-15-6-4-2)25-24-21-17-14-18-22-24/h23-25H,3-22H2,1-2H3. The van der Waals surface area contributed by atoms with Gasteiger partial charge in [0.2, 0.25) is 0 Å². The van der Waals surface area contributed by atoms with Gasteiger partial charge in [-0.15, -0.1) is 0 Å². The first-order chi connectivity index (χ1) is 12.4. The molecule has 1 nitrogen and oxygen atoms in total. The summed E-state index contributed by atoms with van der Waals surface area (Å²) in [6.07, 6.45) is 28.8. The highest BCUT2D eigenvalue weighted by Gasteiger charge is 2.17. The van der Waals surface area contributed by atoms with Crippen molar-refractivity contribution in [3.63, 3.8) is 0 Å². The van der Waals surface area contributed by atoms with Gasteiger partial charge in [0.05, 0.1) is 0 Å². The maximum Gasteiger partial charge on any atom is 0.00696 e. The van der Waals surface area contributed by atoms with Crippen molar-refractivity contribution in [1.82, 2.24) is 5.32 Å². The van der Waals surface area contributed by atoms with E-state index in [-0.39, 0.29) is 0 Å². The van der Waals surface area contributed by atoms with Crippen molar-refractivity contribution in [3.8, 4) is 0 Å². The van der Waals surface area contributed by atoms with Crippen LogP contribution < -0.4 is 5.32 Å². The molecular weight excluding hydrogens is 302 g/mol. The molecule has 0 aromatic carbocycles. The van der Waals surface area contributed by atoms with Gasteiger partial charge < -0.3 is 5.32 Å². The van der Waals surface area contributed by atoms with E-state index in [4.69, 9.17) is 0 Å². The molecule has 1 aliphatic rings. The van der Waals surface area contributed by atoms with E-state index < -0.39 is 0 Å². The minimum absolute atomic E-state index is 0.809. The van der Waals surface area contributed by atoms with Gasteiger partial charge in [-0.1, -0.05) is 117 Å². The third kappa shape index (κ3) is 13.8. The first-order valence-corrected chi connectivity index (χ1v) is 12.1. The number of unbranched alkanes of at least 4 members (excludes halogenated alkanes) is 11. The van der Waals surface area contributed by atoms with Crippen LogP contribution in [0.1, 0.15) is 142 Å². The first kappa shape index (κ1) is 23.0. The van der Waals surface area contributed by atoms with Crippen LogP contribution in [0.15, 0.2) is 0 Å². The van der Waals surface area contributed by atoms with Gasteiger partial charge in [-0.3, -0.25) is 0 Å². The zero-order valence-electron chi connectivity index (χ0n) is 17.8. The summed E-state index contributed by atoms with van der Waals surface area (Å²) in [6.45, 7) is 4.63. The molecule has 0 spiro atoms. The summed E-state index contributed by atoms with van der Waals surface area (Å²) >= 11 is 0. The van der Waals surface area contributed by atoms with E-state index in [2.05, 4.69) is 19.2 Å². The highest BCUT2D eigenvalue weighted by molar-refractivity contribution is 4.77. The van der Waals surface area contributed by atoms with E-state index in [1.807, 2.05) is 0 Å². The Balaban J connectivity index is 2.04. The second-order valence-corrected chi connectivity index (χ2v) is 8.66. The molecule has 0 bridgehead atoms. The van der Waals surface area contributed by atoms with Crippen LogP contribution >= 0.6 is 0 Å².